The molecule has 21 heavy (non-hydrogen) atoms. The van der Waals surface area contributed by atoms with Crippen molar-refractivity contribution in [3.05, 3.63) is 24.3 Å². The van der Waals surface area contributed by atoms with Gasteiger partial charge in [0.15, 0.2) is 0 Å². The van der Waals surface area contributed by atoms with Crippen molar-refractivity contribution < 1.29 is 24.9 Å². The van der Waals surface area contributed by atoms with Gasteiger partial charge in [0, 0.05) is 11.8 Å². The van der Waals surface area contributed by atoms with Gasteiger partial charge in [-0.3, -0.25) is 9.59 Å². The molecule has 3 aliphatic rings. The second kappa shape index (κ2) is 4.05. The molecule has 3 fully saturated rings. The molecule has 1 aromatic rings. The first-order valence-corrected chi connectivity index (χ1v) is 7.04. The first kappa shape index (κ1) is 12.8. The molecule has 1 heterocycles. The fourth-order valence-electron chi connectivity index (χ4n) is 4.32. The molecule has 2 saturated carbocycles. The van der Waals surface area contributed by atoms with Crippen LogP contribution in [-0.2, 0) is 9.59 Å². The Hall–Kier alpha value is -1.92. The maximum Gasteiger partial charge on any atom is 0.238 e. The van der Waals surface area contributed by atoms with E-state index < -0.39 is 24.0 Å². The van der Waals surface area contributed by atoms with E-state index in [4.69, 9.17) is 0 Å². The summed E-state index contributed by atoms with van der Waals surface area (Å²) in [5.74, 6) is -2.81. The van der Waals surface area contributed by atoms with Crippen LogP contribution in [0.2, 0.25) is 0 Å². The molecule has 0 spiro atoms. The first-order valence-electron chi connectivity index (χ1n) is 7.04. The smallest absolute Gasteiger partial charge is 0.238 e. The van der Waals surface area contributed by atoms with Crippen LogP contribution in [0.15, 0.2) is 24.3 Å². The second-order valence-corrected chi connectivity index (χ2v) is 6.10. The van der Waals surface area contributed by atoms with E-state index in [1.807, 2.05) is 0 Å². The monoisotopic (exact) mass is 289 g/mol. The van der Waals surface area contributed by atoms with Crippen molar-refractivity contribution in [2.24, 2.45) is 23.7 Å². The summed E-state index contributed by atoms with van der Waals surface area (Å²) in [7, 11) is 0. The number of aromatic hydroxyl groups is 1. The predicted molar refractivity (Wildman–Crippen MR) is 71.2 cm³/mol. The third-order valence-corrected chi connectivity index (χ3v) is 5.21. The van der Waals surface area contributed by atoms with Crippen molar-refractivity contribution >= 4 is 17.5 Å². The average molecular weight is 289 g/mol. The summed E-state index contributed by atoms with van der Waals surface area (Å²) >= 11 is 0. The van der Waals surface area contributed by atoms with E-state index in [0.29, 0.717) is 6.42 Å². The number of hydrogen-bond acceptors (Lipinski definition) is 5. The van der Waals surface area contributed by atoms with Crippen LogP contribution in [0, 0.1) is 23.7 Å². The van der Waals surface area contributed by atoms with E-state index in [1.54, 1.807) is 12.1 Å². The number of aliphatic hydroxyl groups excluding tert-OH is 2. The first-order chi connectivity index (χ1) is 10.0. The molecule has 6 atom stereocenters. The number of carbonyl (C=O) groups is 2. The van der Waals surface area contributed by atoms with Crippen LogP contribution < -0.4 is 4.90 Å². The number of fused-ring (bicyclic) bond motifs is 5. The molecule has 6 heteroatoms. The van der Waals surface area contributed by atoms with Crippen molar-refractivity contribution in [3.63, 3.8) is 0 Å². The van der Waals surface area contributed by atoms with Crippen LogP contribution in [0.3, 0.4) is 0 Å². The molecule has 1 saturated heterocycles. The molecular weight excluding hydrogens is 274 g/mol. The molecular formula is C15H15NO5. The van der Waals surface area contributed by atoms with Crippen molar-refractivity contribution in [1.82, 2.24) is 0 Å². The molecule has 2 aliphatic carbocycles. The molecule has 0 aromatic heterocycles. The highest BCUT2D eigenvalue weighted by molar-refractivity contribution is 6.23. The van der Waals surface area contributed by atoms with Gasteiger partial charge in [0.1, 0.15) is 5.75 Å². The normalized spacial score (nSPS) is 41.0. The van der Waals surface area contributed by atoms with Gasteiger partial charge >= 0.3 is 0 Å². The molecule has 0 unspecified atom stereocenters. The lowest BCUT2D eigenvalue weighted by atomic mass is 9.78. The van der Waals surface area contributed by atoms with E-state index in [9.17, 15) is 24.9 Å². The fraction of sp³-hybridized carbons (Fsp3) is 0.467. The van der Waals surface area contributed by atoms with E-state index >= 15 is 0 Å². The average Bonchev–Trinajstić information content (AvgIpc) is 3.06. The number of aliphatic hydroxyl groups is 2. The van der Waals surface area contributed by atoms with Gasteiger partial charge in [-0.1, -0.05) is 12.1 Å². The number of rotatable bonds is 1. The zero-order chi connectivity index (χ0) is 14.9. The molecule has 2 bridgehead atoms. The topological polar surface area (TPSA) is 98.1 Å². The molecule has 110 valence electrons. The molecule has 3 N–H and O–H groups in total. The SMILES string of the molecule is O=C1[C@@H]2[C@H]3C[C@H]([C@H](O)[C@@H]3O)[C@@H]2C(=O)N1c1ccccc1O. The fourth-order valence-corrected chi connectivity index (χ4v) is 4.32. The molecule has 2 amide bonds. The summed E-state index contributed by atoms with van der Waals surface area (Å²) in [6, 6.07) is 6.19. The zero-order valence-corrected chi connectivity index (χ0v) is 11.1. The largest absolute Gasteiger partial charge is 0.506 e. The Labute approximate surface area is 120 Å². The Bertz CT molecular complexity index is 613. The van der Waals surface area contributed by atoms with Gasteiger partial charge in [-0.15, -0.1) is 0 Å². The minimum atomic E-state index is -0.947. The van der Waals surface area contributed by atoms with Gasteiger partial charge in [0.25, 0.3) is 0 Å². The number of para-hydroxylation sites is 2. The van der Waals surface area contributed by atoms with Gasteiger partial charge in [0.2, 0.25) is 11.8 Å². The van der Waals surface area contributed by atoms with Crippen LogP contribution in [0.25, 0.3) is 0 Å². The van der Waals surface area contributed by atoms with Gasteiger partial charge in [0.05, 0.1) is 29.7 Å². The summed E-state index contributed by atoms with van der Waals surface area (Å²) < 4.78 is 0. The number of amides is 2. The van der Waals surface area contributed by atoms with Crippen LogP contribution in [-0.4, -0.2) is 39.3 Å². The molecule has 1 aliphatic heterocycles. The summed E-state index contributed by atoms with van der Waals surface area (Å²) in [5, 5.41) is 29.8. The Morgan fingerprint density at radius 2 is 1.48 bits per heavy atom. The number of nitrogens with zero attached hydrogens (tertiary/aromatic N) is 1. The Morgan fingerprint density at radius 3 is 2.00 bits per heavy atom. The van der Waals surface area contributed by atoms with E-state index in [2.05, 4.69) is 0 Å². The highest BCUT2D eigenvalue weighted by Crippen LogP contribution is 2.57. The molecule has 4 rings (SSSR count). The standard InChI is InChI=1S/C15H15NO5/c17-9-4-2-1-3-8(9)16-14(20)10-6-5-7(11(10)15(16)21)13(19)12(6)18/h1-4,6-7,10-13,17-19H,5H2/t6-,7+,10-,11+,12-,13+. The van der Waals surface area contributed by atoms with Gasteiger partial charge < -0.3 is 15.3 Å². The number of hydrogen-bond donors (Lipinski definition) is 3. The van der Waals surface area contributed by atoms with E-state index in [1.165, 1.54) is 12.1 Å². The van der Waals surface area contributed by atoms with Crippen molar-refractivity contribution in [3.8, 4) is 5.75 Å². The van der Waals surface area contributed by atoms with Gasteiger partial charge in [-0.25, -0.2) is 4.90 Å². The number of imide groups is 1. The number of benzene rings is 1. The third kappa shape index (κ3) is 1.43. The second-order valence-electron chi connectivity index (χ2n) is 6.10. The highest BCUT2D eigenvalue weighted by Gasteiger charge is 2.67. The lowest BCUT2D eigenvalue weighted by Gasteiger charge is -2.29. The maximum absolute atomic E-state index is 12.6. The summed E-state index contributed by atoms with van der Waals surface area (Å²) in [6.45, 7) is 0. The van der Waals surface area contributed by atoms with Crippen molar-refractivity contribution in [2.75, 3.05) is 4.90 Å². The Morgan fingerprint density at radius 1 is 0.952 bits per heavy atom. The maximum atomic E-state index is 12.6. The van der Waals surface area contributed by atoms with E-state index in [-0.39, 0.29) is 35.1 Å². The highest BCUT2D eigenvalue weighted by atomic mass is 16.3. The van der Waals surface area contributed by atoms with Crippen LogP contribution in [0.4, 0.5) is 5.69 Å². The minimum Gasteiger partial charge on any atom is -0.506 e. The predicted octanol–water partition coefficient (Wildman–Crippen LogP) is -0.131. The minimum absolute atomic E-state index is 0.132. The van der Waals surface area contributed by atoms with Crippen LogP contribution >= 0.6 is 0 Å². The van der Waals surface area contributed by atoms with E-state index in [0.717, 1.165) is 4.90 Å². The number of carbonyl (C=O) groups excluding carboxylic acids is 2. The summed E-state index contributed by atoms with van der Waals surface area (Å²) in [5.41, 5.74) is 0.172. The molecule has 1 aromatic carbocycles. The quantitative estimate of drug-likeness (QED) is 0.626. The lowest BCUT2D eigenvalue weighted by Crippen LogP contribution is -2.43. The lowest BCUT2D eigenvalue weighted by molar-refractivity contribution is -0.129. The van der Waals surface area contributed by atoms with Crippen molar-refractivity contribution in [1.29, 1.82) is 0 Å². The van der Waals surface area contributed by atoms with Crippen molar-refractivity contribution in [2.45, 2.75) is 18.6 Å². The number of phenols is 1. The summed E-state index contributed by atoms with van der Waals surface area (Å²) in [4.78, 5) is 26.2. The van der Waals surface area contributed by atoms with Crippen LogP contribution in [0.1, 0.15) is 6.42 Å². The van der Waals surface area contributed by atoms with Crippen LogP contribution in [0.5, 0.6) is 5.75 Å². The zero-order valence-electron chi connectivity index (χ0n) is 11.1. The Balaban J connectivity index is 1.77. The third-order valence-electron chi connectivity index (χ3n) is 5.21. The molecule has 6 nitrogen and oxygen atoms in total. The Kier molecular flexibility index (Phi) is 2.47. The number of phenolic OH excluding ortho intramolecular Hbond substituents is 1. The number of anilines is 1. The van der Waals surface area contributed by atoms with Gasteiger partial charge in [-0.05, 0) is 18.6 Å². The van der Waals surface area contributed by atoms with Gasteiger partial charge in [-0.2, -0.15) is 0 Å². The summed E-state index contributed by atoms with van der Waals surface area (Å²) in [6.07, 6.45) is -1.39. The molecule has 0 radical (unpaired) electrons.